The third-order valence-corrected chi connectivity index (χ3v) is 6.71. The van der Waals surface area contributed by atoms with Crippen LogP contribution in [0.25, 0.3) is 0 Å². The average Bonchev–Trinajstić information content (AvgIpc) is 2.79. The molecule has 1 atom stereocenters. The standard InChI is InChI=1S/C24H30Cl2N2O3S/c1-4-5-12-27-24(30)17(2)28(14-19-8-11-21(25)22(26)13-19)23(29)16-32-15-18-6-9-20(31-3)10-7-18/h6-11,13,17H,4-5,12,14-16H2,1-3H3,(H,27,30). The van der Waals surface area contributed by atoms with Gasteiger partial charge in [0.1, 0.15) is 11.8 Å². The highest BCUT2D eigenvalue weighted by atomic mass is 35.5. The van der Waals surface area contributed by atoms with Gasteiger partial charge in [-0.25, -0.2) is 0 Å². The maximum absolute atomic E-state index is 13.1. The summed E-state index contributed by atoms with van der Waals surface area (Å²) in [5.41, 5.74) is 1.92. The molecule has 2 amide bonds. The highest BCUT2D eigenvalue weighted by Crippen LogP contribution is 2.24. The Bertz CT molecular complexity index is 893. The summed E-state index contributed by atoms with van der Waals surface area (Å²) >= 11 is 13.7. The molecule has 1 N–H and O–H groups in total. The molecule has 0 saturated heterocycles. The minimum absolute atomic E-state index is 0.104. The lowest BCUT2D eigenvalue weighted by atomic mass is 10.1. The summed E-state index contributed by atoms with van der Waals surface area (Å²) in [6.07, 6.45) is 1.89. The third kappa shape index (κ3) is 8.23. The molecule has 0 aliphatic carbocycles. The van der Waals surface area contributed by atoms with Gasteiger partial charge >= 0.3 is 0 Å². The van der Waals surface area contributed by atoms with Crippen molar-refractivity contribution in [3.63, 3.8) is 0 Å². The minimum atomic E-state index is -0.601. The van der Waals surface area contributed by atoms with Crippen molar-refractivity contribution in [3.05, 3.63) is 63.6 Å². The van der Waals surface area contributed by atoms with Crippen LogP contribution in [0.3, 0.4) is 0 Å². The predicted octanol–water partition coefficient (Wildman–Crippen LogP) is 5.57. The van der Waals surface area contributed by atoms with Crippen molar-refractivity contribution in [2.75, 3.05) is 19.4 Å². The molecule has 1 unspecified atom stereocenters. The lowest BCUT2D eigenvalue weighted by molar-refractivity contribution is -0.138. The van der Waals surface area contributed by atoms with Crippen molar-refractivity contribution in [3.8, 4) is 5.75 Å². The molecular formula is C24H30Cl2N2O3S. The second-order valence-corrected chi connectivity index (χ2v) is 9.23. The molecule has 5 nitrogen and oxygen atoms in total. The molecular weight excluding hydrogens is 467 g/mol. The number of halogens is 2. The van der Waals surface area contributed by atoms with Crippen molar-refractivity contribution in [2.24, 2.45) is 0 Å². The quantitative estimate of drug-likeness (QED) is 0.390. The summed E-state index contributed by atoms with van der Waals surface area (Å²) in [5, 5.41) is 3.79. The first kappa shape index (κ1) is 26.4. The van der Waals surface area contributed by atoms with Crippen LogP contribution in [0.15, 0.2) is 42.5 Å². The second kappa shape index (κ2) is 13.6. The number of hydrogen-bond donors (Lipinski definition) is 1. The largest absolute Gasteiger partial charge is 0.497 e. The van der Waals surface area contributed by atoms with Crippen LogP contribution in [0, 0.1) is 0 Å². The first-order valence-corrected chi connectivity index (χ1v) is 12.5. The van der Waals surface area contributed by atoms with Gasteiger partial charge < -0.3 is 15.0 Å². The number of nitrogens with zero attached hydrogens (tertiary/aromatic N) is 1. The van der Waals surface area contributed by atoms with Gasteiger partial charge in [-0.05, 0) is 48.7 Å². The van der Waals surface area contributed by atoms with Crippen LogP contribution in [0.4, 0.5) is 0 Å². The number of benzene rings is 2. The van der Waals surface area contributed by atoms with E-state index in [0.29, 0.717) is 22.3 Å². The molecule has 174 valence electrons. The topological polar surface area (TPSA) is 58.6 Å². The summed E-state index contributed by atoms with van der Waals surface area (Å²) in [5.74, 6) is 1.48. The fraction of sp³-hybridized carbons (Fsp3) is 0.417. The van der Waals surface area contributed by atoms with Crippen LogP contribution in [-0.4, -0.2) is 42.2 Å². The molecule has 0 radical (unpaired) electrons. The first-order valence-electron chi connectivity index (χ1n) is 10.6. The molecule has 2 rings (SSSR count). The van der Waals surface area contributed by atoms with Crippen molar-refractivity contribution in [2.45, 2.75) is 45.0 Å². The Morgan fingerprint density at radius 1 is 1.09 bits per heavy atom. The monoisotopic (exact) mass is 496 g/mol. The lowest BCUT2D eigenvalue weighted by Crippen LogP contribution is -2.48. The maximum atomic E-state index is 13.1. The Kier molecular flexibility index (Phi) is 11.2. The van der Waals surface area contributed by atoms with Crippen LogP contribution >= 0.6 is 35.0 Å². The number of hydrogen-bond acceptors (Lipinski definition) is 4. The summed E-state index contributed by atoms with van der Waals surface area (Å²) in [6.45, 7) is 4.70. The van der Waals surface area contributed by atoms with E-state index in [-0.39, 0.29) is 24.1 Å². The number of rotatable bonds is 12. The molecule has 0 saturated carbocycles. The van der Waals surface area contributed by atoms with Gasteiger partial charge in [0, 0.05) is 18.8 Å². The number of amides is 2. The molecule has 0 heterocycles. The molecule has 32 heavy (non-hydrogen) atoms. The Labute approximate surface area is 204 Å². The maximum Gasteiger partial charge on any atom is 0.242 e. The summed E-state index contributed by atoms with van der Waals surface area (Å²) in [7, 11) is 1.63. The van der Waals surface area contributed by atoms with Crippen molar-refractivity contribution in [1.82, 2.24) is 10.2 Å². The number of unbranched alkanes of at least 4 members (excludes halogenated alkanes) is 1. The van der Waals surface area contributed by atoms with Crippen LogP contribution in [-0.2, 0) is 21.9 Å². The van der Waals surface area contributed by atoms with Gasteiger partial charge in [0.05, 0.1) is 22.9 Å². The Balaban J connectivity index is 2.05. The van der Waals surface area contributed by atoms with E-state index in [4.69, 9.17) is 27.9 Å². The van der Waals surface area contributed by atoms with Crippen LogP contribution in [0.1, 0.15) is 37.8 Å². The van der Waals surface area contributed by atoms with Gasteiger partial charge in [0.25, 0.3) is 0 Å². The predicted molar refractivity (Wildman–Crippen MR) is 134 cm³/mol. The highest BCUT2D eigenvalue weighted by Gasteiger charge is 2.26. The molecule has 0 aromatic heterocycles. The first-order chi connectivity index (χ1) is 15.3. The van der Waals surface area contributed by atoms with Gasteiger partial charge in [-0.3, -0.25) is 9.59 Å². The van der Waals surface area contributed by atoms with E-state index in [9.17, 15) is 9.59 Å². The number of nitrogens with one attached hydrogen (secondary N) is 1. The fourth-order valence-corrected chi connectivity index (χ4v) is 4.21. The number of ether oxygens (including phenoxy) is 1. The van der Waals surface area contributed by atoms with Crippen LogP contribution < -0.4 is 10.1 Å². The van der Waals surface area contributed by atoms with E-state index >= 15 is 0 Å². The molecule has 2 aromatic rings. The smallest absolute Gasteiger partial charge is 0.242 e. The molecule has 8 heteroatoms. The van der Waals surface area contributed by atoms with Crippen LogP contribution in [0.5, 0.6) is 5.75 Å². The van der Waals surface area contributed by atoms with E-state index in [1.807, 2.05) is 30.3 Å². The molecule has 0 bridgehead atoms. The highest BCUT2D eigenvalue weighted by molar-refractivity contribution is 7.99. The van der Waals surface area contributed by atoms with Crippen molar-refractivity contribution < 1.29 is 14.3 Å². The minimum Gasteiger partial charge on any atom is -0.497 e. The SMILES string of the molecule is CCCCNC(=O)C(C)N(Cc1ccc(Cl)c(Cl)c1)C(=O)CSCc1ccc(OC)cc1. The molecule has 0 fully saturated rings. The van der Waals surface area contributed by atoms with E-state index in [0.717, 1.165) is 29.7 Å². The van der Waals surface area contributed by atoms with Crippen molar-refractivity contribution >= 4 is 46.8 Å². The molecule has 0 aliphatic heterocycles. The second-order valence-electron chi connectivity index (χ2n) is 7.43. The zero-order chi connectivity index (χ0) is 23.5. The Morgan fingerprint density at radius 3 is 2.41 bits per heavy atom. The zero-order valence-corrected chi connectivity index (χ0v) is 21.0. The lowest BCUT2D eigenvalue weighted by Gasteiger charge is -2.29. The normalized spacial score (nSPS) is 11.7. The van der Waals surface area contributed by atoms with Gasteiger partial charge in [-0.15, -0.1) is 11.8 Å². The van der Waals surface area contributed by atoms with E-state index in [1.165, 1.54) is 11.8 Å². The van der Waals surface area contributed by atoms with Gasteiger partial charge in [-0.1, -0.05) is 54.7 Å². The van der Waals surface area contributed by atoms with Crippen LogP contribution in [0.2, 0.25) is 10.0 Å². The van der Waals surface area contributed by atoms with E-state index in [2.05, 4.69) is 12.2 Å². The zero-order valence-electron chi connectivity index (χ0n) is 18.7. The molecule has 2 aromatic carbocycles. The van der Waals surface area contributed by atoms with E-state index in [1.54, 1.807) is 31.1 Å². The van der Waals surface area contributed by atoms with Gasteiger partial charge in [-0.2, -0.15) is 0 Å². The fourth-order valence-electron chi connectivity index (χ4n) is 3.01. The summed E-state index contributed by atoms with van der Waals surface area (Å²) in [6, 6.07) is 12.4. The number of carbonyl (C=O) groups is 2. The number of thioether (sulfide) groups is 1. The average molecular weight is 497 g/mol. The number of methoxy groups -OCH3 is 1. The summed E-state index contributed by atoms with van der Waals surface area (Å²) < 4.78 is 5.18. The Hall–Kier alpha value is -1.89. The third-order valence-electron chi connectivity index (χ3n) is 4.99. The van der Waals surface area contributed by atoms with Gasteiger partial charge in [0.15, 0.2) is 0 Å². The number of carbonyl (C=O) groups excluding carboxylic acids is 2. The van der Waals surface area contributed by atoms with Gasteiger partial charge in [0.2, 0.25) is 11.8 Å². The summed E-state index contributed by atoms with van der Waals surface area (Å²) in [4.78, 5) is 27.4. The van der Waals surface area contributed by atoms with Crippen molar-refractivity contribution in [1.29, 1.82) is 0 Å². The van der Waals surface area contributed by atoms with E-state index < -0.39 is 6.04 Å². The molecule has 0 spiro atoms. The molecule has 0 aliphatic rings. The Morgan fingerprint density at radius 2 is 1.78 bits per heavy atom.